The van der Waals surface area contributed by atoms with E-state index < -0.39 is 0 Å². The van der Waals surface area contributed by atoms with Crippen molar-refractivity contribution in [3.8, 4) is 17.6 Å². The first-order valence-corrected chi connectivity index (χ1v) is 9.94. The molecular formula is C24H26N2O3. The van der Waals surface area contributed by atoms with Crippen LogP contribution in [0.3, 0.4) is 0 Å². The number of likely N-dealkylation sites (tertiary alicyclic amines) is 1. The smallest absolute Gasteiger partial charge is 0.219 e. The van der Waals surface area contributed by atoms with Crippen molar-refractivity contribution in [2.24, 2.45) is 5.92 Å². The summed E-state index contributed by atoms with van der Waals surface area (Å²) in [5, 5.41) is 9.98. The van der Waals surface area contributed by atoms with Gasteiger partial charge in [-0.15, -0.1) is 0 Å². The summed E-state index contributed by atoms with van der Waals surface area (Å²) in [6, 6.07) is 13.9. The largest absolute Gasteiger partial charge is 0.497 e. The molecule has 2 aliphatic heterocycles. The summed E-state index contributed by atoms with van der Waals surface area (Å²) in [6.45, 7) is 2.44. The van der Waals surface area contributed by atoms with E-state index in [0.717, 1.165) is 41.1 Å². The fourth-order valence-corrected chi connectivity index (χ4v) is 4.70. The van der Waals surface area contributed by atoms with Crippen molar-refractivity contribution in [2.45, 2.75) is 25.4 Å². The highest BCUT2D eigenvalue weighted by Crippen LogP contribution is 2.48. The number of nitrogens with zero attached hydrogens (tertiary/aromatic N) is 2. The molecule has 5 nitrogen and oxygen atoms in total. The molecule has 2 heterocycles. The van der Waals surface area contributed by atoms with Crippen LogP contribution in [0.25, 0.3) is 0 Å². The Morgan fingerprint density at radius 3 is 2.52 bits per heavy atom. The molecule has 0 aromatic heterocycles. The van der Waals surface area contributed by atoms with Crippen molar-refractivity contribution < 1.29 is 14.6 Å². The van der Waals surface area contributed by atoms with Gasteiger partial charge in [-0.05, 0) is 54.4 Å². The predicted molar refractivity (Wildman–Crippen MR) is 113 cm³/mol. The fourth-order valence-electron chi connectivity index (χ4n) is 4.70. The summed E-state index contributed by atoms with van der Waals surface area (Å²) >= 11 is 0. The molecule has 150 valence electrons. The maximum absolute atomic E-state index is 12.2. The molecule has 0 aliphatic carbocycles. The van der Waals surface area contributed by atoms with Crippen LogP contribution >= 0.6 is 0 Å². The molecule has 5 heteroatoms. The van der Waals surface area contributed by atoms with Gasteiger partial charge in [0.2, 0.25) is 5.91 Å². The van der Waals surface area contributed by atoms with Crippen LogP contribution < -0.4 is 9.64 Å². The highest BCUT2D eigenvalue weighted by atomic mass is 16.5. The Labute approximate surface area is 171 Å². The van der Waals surface area contributed by atoms with Gasteiger partial charge in [0.25, 0.3) is 0 Å². The molecule has 0 radical (unpaired) electrons. The molecule has 1 fully saturated rings. The summed E-state index contributed by atoms with van der Waals surface area (Å²) in [4.78, 5) is 16.3. The average molecular weight is 390 g/mol. The molecule has 2 aliphatic rings. The van der Waals surface area contributed by atoms with Gasteiger partial charge in [-0.25, -0.2) is 0 Å². The monoisotopic (exact) mass is 390 g/mol. The molecule has 2 aromatic rings. The lowest BCUT2D eigenvalue weighted by molar-refractivity contribution is -0.130. The summed E-state index contributed by atoms with van der Waals surface area (Å²) in [5.41, 5.74) is 4.03. The van der Waals surface area contributed by atoms with E-state index in [9.17, 15) is 9.90 Å². The Bertz CT molecular complexity index is 974. The Balaban J connectivity index is 1.71. The first-order chi connectivity index (χ1) is 14.0. The van der Waals surface area contributed by atoms with Crippen LogP contribution in [0.15, 0.2) is 42.5 Å². The number of aliphatic hydroxyl groups is 1. The minimum absolute atomic E-state index is 0.00131. The van der Waals surface area contributed by atoms with Gasteiger partial charge in [-0.3, -0.25) is 4.79 Å². The van der Waals surface area contributed by atoms with Gasteiger partial charge >= 0.3 is 0 Å². The highest BCUT2D eigenvalue weighted by Gasteiger charge is 2.46. The standard InChI is InChI=1S/C24H26N2O3/c1-16(28)26-13-12-20-23(15-27)25(2)22-11-8-18(14-21(22)24(20)26)5-4-17-6-9-19(29-3)10-7-17/h6-11,14,20,23-24,27H,12-13,15H2,1-3H3/t20-,23-,24-/m0/s1. The number of benzene rings is 2. The minimum Gasteiger partial charge on any atom is -0.497 e. The number of aliphatic hydroxyl groups excluding tert-OH is 1. The van der Waals surface area contributed by atoms with E-state index in [1.54, 1.807) is 14.0 Å². The third-order valence-electron chi connectivity index (χ3n) is 6.20. The number of anilines is 1. The van der Waals surface area contributed by atoms with Gasteiger partial charge in [0.15, 0.2) is 0 Å². The maximum atomic E-state index is 12.2. The second-order valence-corrected chi connectivity index (χ2v) is 7.72. The zero-order valence-corrected chi connectivity index (χ0v) is 17.1. The first kappa shape index (κ1) is 19.4. The van der Waals surface area contributed by atoms with E-state index in [0.29, 0.717) is 0 Å². The molecule has 29 heavy (non-hydrogen) atoms. The lowest BCUT2D eigenvalue weighted by Crippen LogP contribution is -2.48. The van der Waals surface area contributed by atoms with Crippen molar-refractivity contribution >= 4 is 11.6 Å². The van der Waals surface area contributed by atoms with Gasteiger partial charge < -0.3 is 19.6 Å². The summed E-state index contributed by atoms with van der Waals surface area (Å²) < 4.78 is 5.19. The summed E-state index contributed by atoms with van der Waals surface area (Å²) in [7, 11) is 3.67. The molecule has 0 saturated carbocycles. The van der Waals surface area contributed by atoms with Crippen LogP contribution in [0, 0.1) is 17.8 Å². The molecule has 0 unspecified atom stereocenters. The SMILES string of the molecule is COc1ccc(C#Cc2ccc3c(c2)[C@@H]2[C@@H](CCN2C(C)=O)[C@H](CO)N3C)cc1. The second kappa shape index (κ2) is 7.81. The van der Waals surface area contributed by atoms with Crippen molar-refractivity contribution in [1.82, 2.24) is 4.90 Å². The molecule has 1 N–H and O–H groups in total. The van der Waals surface area contributed by atoms with Crippen molar-refractivity contribution in [3.63, 3.8) is 0 Å². The summed E-state index contributed by atoms with van der Waals surface area (Å²) in [6.07, 6.45) is 0.904. The number of rotatable bonds is 2. The zero-order valence-electron chi connectivity index (χ0n) is 17.1. The van der Waals surface area contributed by atoms with Crippen LogP contribution in [0.4, 0.5) is 5.69 Å². The lowest BCUT2D eigenvalue weighted by Gasteiger charge is -2.44. The van der Waals surface area contributed by atoms with Crippen molar-refractivity contribution in [3.05, 3.63) is 59.2 Å². The maximum Gasteiger partial charge on any atom is 0.219 e. The Morgan fingerprint density at radius 1 is 1.17 bits per heavy atom. The van der Waals surface area contributed by atoms with E-state index in [2.05, 4.69) is 28.9 Å². The number of carbonyl (C=O) groups is 1. The molecule has 0 bridgehead atoms. The van der Waals surface area contributed by atoms with Crippen LogP contribution in [-0.4, -0.2) is 49.3 Å². The number of likely N-dealkylation sites (N-methyl/N-ethyl adjacent to an activating group) is 1. The highest BCUT2D eigenvalue weighted by molar-refractivity contribution is 5.75. The van der Waals surface area contributed by atoms with Crippen molar-refractivity contribution in [1.29, 1.82) is 0 Å². The average Bonchev–Trinajstić information content (AvgIpc) is 3.18. The Morgan fingerprint density at radius 2 is 1.86 bits per heavy atom. The van der Waals surface area contributed by atoms with Crippen LogP contribution in [0.2, 0.25) is 0 Å². The lowest BCUT2D eigenvalue weighted by atomic mass is 9.81. The van der Waals surface area contributed by atoms with Crippen LogP contribution in [0.1, 0.15) is 36.1 Å². The van der Waals surface area contributed by atoms with E-state index >= 15 is 0 Å². The number of hydrogen-bond acceptors (Lipinski definition) is 4. The molecule has 2 aromatic carbocycles. The van der Waals surface area contributed by atoms with Crippen molar-refractivity contribution in [2.75, 3.05) is 32.2 Å². The molecule has 0 spiro atoms. The first-order valence-electron chi connectivity index (χ1n) is 9.94. The summed E-state index contributed by atoms with van der Waals surface area (Å²) in [5.74, 6) is 7.57. The quantitative estimate of drug-likeness (QED) is 0.802. The number of methoxy groups -OCH3 is 1. The third-order valence-corrected chi connectivity index (χ3v) is 6.20. The zero-order chi connectivity index (χ0) is 20.5. The second-order valence-electron chi connectivity index (χ2n) is 7.72. The number of carbonyl (C=O) groups excluding carboxylic acids is 1. The van der Waals surface area contributed by atoms with E-state index in [1.165, 1.54) is 0 Å². The number of hydrogen-bond donors (Lipinski definition) is 1. The van der Waals surface area contributed by atoms with E-state index in [4.69, 9.17) is 4.74 Å². The van der Waals surface area contributed by atoms with Gasteiger partial charge in [-0.1, -0.05) is 11.8 Å². The normalized spacial score (nSPS) is 22.4. The molecule has 4 rings (SSSR count). The molecular weight excluding hydrogens is 364 g/mol. The topological polar surface area (TPSA) is 53.0 Å². The van der Waals surface area contributed by atoms with Crippen LogP contribution in [-0.2, 0) is 4.79 Å². The van der Waals surface area contributed by atoms with Gasteiger partial charge in [0.1, 0.15) is 5.75 Å². The van der Waals surface area contributed by atoms with Crippen LogP contribution in [0.5, 0.6) is 5.75 Å². The molecule has 1 amide bonds. The minimum atomic E-state index is -0.00131. The van der Waals surface area contributed by atoms with Gasteiger partial charge in [-0.2, -0.15) is 0 Å². The number of fused-ring (bicyclic) bond motifs is 3. The number of ether oxygens (including phenoxy) is 1. The molecule has 1 saturated heterocycles. The fraction of sp³-hybridized carbons (Fsp3) is 0.375. The number of amides is 1. The Hall–Kier alpha value is -2.97. The van der Waals surface area contributed by atoms with Gasteiger partial charge in [0.05, 0.1) is 25.8 Å². The predicted octanol–water partition coefficient (Wildman–Crippen LogP) is 2.82. The van der Waals surface area contributed by atoms with E-state index in [1.807, 2.05) is 42.3 Å². The molecule has 3 atom stereocenters. The Kier molecular flexibility index (Phi) is 5.21. The van der Waals surface area contributed by atoms with Gasteiger partial charge in [0, 0.05) is 43.2 Å². The van der Waals surface area contributed by atoms with E-state index in [-0.39, 0.29) is 30.5 Å². The third kappa shape index (κ3) is 3.45.